The minimum absolute atomic E-state index is 0.0594. The van der Waals surface area contributed by atoms with Crippen LogP contribution in [0.15, 0.2) is 42.5 Å². The molecule has 2 unspecified atom stereocenters. The predicted molar refractivity (Wildman–Crippen MR) is 98.1 cm³/mol. The molecule has 1 fully saturated rings. The molecule has 1 N–H and O–H groups in total. The third-order valence-corrected chi connectivity index (χ3v) is 4.82. The SMILES string of the molecule is CCOc1cc(C2CNC(=O)C(Cc3ccc(F)cc3)C2)ccc1OC. The number of rotatable bonds is 6. The number of hydrogen-bond donors (Lipinski definition) is 1. The van der Waals surface area contributed by atoms with Crippen molar-refractivity contribution in [2.24, 2.45) is 5.92 Å². The summed E-state index contributed by atoms with van der Waals surface area (Å²) >= 11 is 0. The first-order chi connectivity index (χ1) is 12.6. The van der Waals surface area contributed by atoms with Crippen molar-refractivity contribution in [3.8, 4) is 11.5 Å². The van der Waals surface area contributed by atoms with Gasteiger partial charge in [-0.3, -0.25) is 4.79 Å². The molecule has 1 saturated heterocycles. The molecule has 0 radical (unpaired) electrons. The lowest BCUT2D eigenvalue weighted by Crippen LogP contribution is -2.41. The van der Waals surface area contributed by atoms with Crippen molar-refractivity contribution in [3.05, 3.63) is 59.4 Å². The maximum Gasteiger partial charge on any atom is 0.223 e. The van der Waals surface area contributed by atoms with Gasteiger partial charge in [-0.25, -0.2) is 4.39 Å². The zero-order chi connectivity index (χ0) is 18.5. The molecule has 2 aromatic carbocycles. The van der Waals surface area contributed by atoms with Crippen molar-refractivity contribution in [2.75, 3.05) is 20.3 Å². The molecule has 2 aromatic rings. The first-order valence-corrected chi connectivity index (χ1v) is 8.93. The van der Waals surface area contributed by atoms with Gasteiger partial charge in [0.25, 0.3) is 0 Å². The minimum atomic E-state index is -0.263. The molecule has 138 valence electrons. The zero-order valence-electron chi connectivity index (χ0n) is 15.1. The first-order valence-electron chi connectivity index (χ1n) is 8.93. The summed E-state index contributed by atoms with van der Waals surface area (Å²) in [5.74, 6) is 1.31. The average molecular weight is 357 g/mol. The van der Waals surface area contributed by atoms with Gasteiger partial charge in [0.15, 0.2) is 11.5 Å². The number of amides is 1. The minimum Gasteiger partial charge on any atom is -0.493 e. The third kappa shape index (κ3) is 4.15. The van der Waals surface area contributed by atoms with Crippen LogP contribution in [0.2, 0.25) is 0 Å². The van der Waals surface area contributed by atoms with Crippen LogP contribution in [-0.2, 0) is 11.2 Å². The van der Waals surface area contributed by atoms with Crippen LogP contribution in [0.25, 0.3) is 0 Å². The number of carbonyl (C=O) groups excluding carboxylic acids is 1. The lowest BCUT2D eigenvalue weighted by molar-refractivity contribution is -0.126. The fourth-order valence-corrected chi connectivity index (χ4v) is 3.45. The Balaban J connectivity index is 1.75. The van der Waals surface area contributed by atoms with Crippen LogP contribution in [0.3, 0.4) is 0 Å². The van der Waals surface area contributed by atoms with Gasteiger partial charge < -0.3 is 14.8 Å². The maximum atomic E-state index is 13.1. The van der Waals surface area contributed by atoms with Gasteiger partial charge in [0.2, 0.25) is 5.91 Å². The van der Waals surface area contributed by atoms with Crippen LogP contribution in [0.5, 0.6) is 11.5 Å². The largest absolute Gasteiger partial charge is 0.493 e. The topological polar surface area (TPSA) is 47.6 Å². The van der Waals surface area contributed by atoms with E-state index in [1.807, 2.05) is 25.1 Å². The summed E-state index contributed by atoms with van der Waals surface area (Å²) in [6.07, 6.45) is 1.36. The second-order valence-electron chi connectivity index (χ2n) is 6.55. The van der Waals surface area contributed by atoms with Crippen LogP contribution in [0, 0.1) is 11.7 Å². The molecular formula is C21H24FNO3. The molecule has 0 aliphatic carbocycles. The molecule has 5 heteroatoms. The number of piperidine rings is 1. The van der Waals surface area contributed by atoms with E-state index in [1.165, 1.54) is 12.1 Å². The van der Waals surface area contributed by atoms with E-state index >= 15 is 0 Å². The van der Waals surface area contributed by atoms with Crippen LogP contribution in [0.1, 0.15) is 30.4 Å². The standard InChI is InChI=1S/C21H24FNO3/c1-3-26-20-12-15(6-9-19(20)25-2)17-11-16(21(24)23-13-17)10-14-4-7-18(22)8-5-14/h4-9,12,16-17H,3,10-11,13H2,1-2H3,(H,23,24). The van der Waals surface area contributed by atoms with Gasteiger partial charge in [-0.1, -0.05) is 18.2 Å². The maximum absolute atomic E-state index is 13.1. The van der Waals surface area contributed by atoms with Crippen molar-refractivity contribution in [1.29, 1.82) is 0 Å². The monoisotopic (exact) mass is 357 g/mol. The van der Waals surface area contributed by atoms with Crippen molar-refractivity contribution in [3.63, 3.8) is 0 Å². The Morgan fingerprint density at radius 1 is 1.15 bits per heavy atom. The molecule has 0 spiro atoms. The van der Waals surface area contributed by atoms with E-state index in [4.69, 9.17) is 9.47 Å². The fourth-order valence-electron chi connectivity index (χ4n) is 3.45. The van der Waals surface area contributed by atoms with Gasteiger partial charge in [0.05, 0.1) is 13.7 Å². The summed E-state index contributed by atoms with van der Waals surface area (Å²) in [5.41, 5.74) is 2.09. The number of hydrogen-bond acceptors (Lipinski definition) is 3. The van der Waals surface area contributed by atoms with Crippen molar-refractivity contribution >= 4 is 5.91 Å². The average Bonchev–Trinajstić information content (AvgIpc) is 2.65. The molecule has 26 heavy (non-hydrogen) atoms. The highest BCUT2D eigenvalue weighted by molar-refractivity contribution is 5.80. The summed E-state index contributed by atoms with van der Waals surface area (Å²) in [4.78, 5) is 12.3. The number of carbonyl (C=O) groups is 1. The Labute approximate surface area is 153 Å². The van der Waals surface area contributed by atoms with Crippen LogP contribution in [0.4, 0.5) is 4.39 Å². The Kier molecular flexibility index (Phi) is 5.76. The Hall–Kier alpha value is -2.56. The molecular weight excluding hydrogens is 333 g/mol. The highest BCUT2D eigenvalue weighted by Gasteiger charge is 2.30. The zero-order valence-corrected chi connectivity index (χ0v) is 15.1. The van der Waals surface area contributed by atoms with Gasteiger partial charge in [0.1, 0.15) is 5.82 Å². The molecule has 2 atom stereocenters. The van der Waals surface area contributed by atoms with Gasteiger partial charge in [0, 0.05) is 18.4 Å². The fraction of sp³-hybridized carbons (Fsp3) is 0.381. The van der Waals surface area contributed by atoms with E-state index in [1.54, 1.807) is 19.2 Å². The number of nitrogens with one attached hydrogen (secondary N) is 1. The van der Waals surface area contributed by atoms with Crippen molar-refractivity contribution < 1.29 is 18.7 Å². The van der Waals surface area contributed by atoms with Gasteiger partial charge in [-0.05, 0) is 55.2 Å². The lowest BCUT2D eigenvalue weighted by atomic mass is 9.82. The molecule has 0 saturated carbocycles. The Morgan fingerprint density at radius 3 is 2.62 bits per heavy atom. The first kappa shape index (κ1) is 18.2. The third-order valence-electron chi connectivity index (χ3n) is 4.82. The molecule has 1 heterocycles. The second-order valence-corrected chi connectivity index (χ2v) is 6.55. The molecule has 1 amide bonds. The number of methoxy groups -OCH3 is 1. The van der Waals surface area contributed by atoms with Crippen molar-refractivity contribution in [1.82, 2.24) is 5.32 Å². The molecule has 1 aliphatic rings. The van der Waals surface area contributed by atoms with Crippen LogP contribution >= 0.6 is 0 Å². The van der Waals surface area contributed by atoms with E-state index in [-0.39, 0.29) is 23.6 Å². The highest BCUT2D eigenvalue weighted by Crippen LogP contribution is 2.35. The number of ether oxygens (including phenoxy) is 2. The molecule has 1 aliphatic heterocycles. The number of halogens is 1. The van der Waals surface area contributed by atoms with Crippen LogP contribution < -0.4 is 14.8 Å². The smallest absolute Gasteiger partial charge is 0.223 e. The second kappa shape index (κ2) is 8.21. The molecule has 0 aromatic heterocycles. The Bertz CT molecular complexity index is 760. The van der Waals surface area contributed by atoms with Gasteiger partial charge >= 0.3 is 0 Å². The van der Waals surface area contributed by atoms with E-state index < -0.39 is 0 Å². The summed E-state index contributed by atoms with van der Waals surface area (Å²) in [7, 11) is 1.62. The summed E-state index contributed by atoms with van der Waals surface area (Å²) < 4.78 is 24.1. The molecule has 0 bridgehead atoms. The quantitative estimate of drug-likeness (QED) is 0.858. The number of benzene rings is 2. The molecule has 4 nitrogen and oxygen atoms in total. The van der Waals surface area contributed by atoms with E-state index in [2.05, 4.69) is 5.32 Å². The van der Waals surface area contributed by atoms with Crippen LogP contribution in [-0.4, -0.2) is 26.2 Å². The normalized spacial score (nSPS) is 19.7. The highest BCUT2D eigenvalue weighted by atomic mass is 19.1. The summed E-state index contributed by atoms with van der Waals surface area (Å²) in [6.45, 7) is 3.11. The van der Waals surface area contributed by atoms with Crippen molar-refractivity contribution in [2.45, 2.75) is 25.7 Å². The van der Waals surface area contributed by atoms with E-state index in [0.717, 1.165) is 23.3 Å². The summed E-state index contributed by atoms with van der Waals surface area (Å²) in [6, 6.07) is 12.3. The van der Waals surface area contributed by atoms with E-state index in [9.17, 15) is 9.18 Å². The van der Waals surface area contributed by atoms with E-state index in [0.29, 0.717) is 25.3 Å². The van der Waals surface area contributed by atoms with Gasteiger partial charge in [-0.15, -0.1) is 0 Å². The van der Waals surface area contributed by atoms with Gasteiger partial charge in [-0.2, -0.15) is 0 Å². The predicted octanol–water partition coefficient (Wildman–Crippen LogP) is 3.70. The molecule has 3 rings (SSSR count). The Morgan fingerprint density at radius 2 is 1.92 bits per heavy atom. The summed E-state index contributed by atoms with van der Waals surface area (Å²) in [5, 5.41) is 3.01. The lowest BCUT2D eigenvalue weighted by Gasteiger charge is -2.30.